The van der Waals surface area contributed by atoms with Gasteiger partial charge in [-0.15, -0.1) is 0 Å². The van der Waals surface area contributed by atoms with Gasteiger partial charge in [0.15, 0.2) is 17.5 Å². The van der Waals surface area contributed by atoms with Crippen LogP contribution >= 0.6 is 7.75 Å². The molecule has 3 N–H and O–H groups in total. The summed E-state index contributed by atoms with van der Waals surface area (Å²) in [6.45, 7) is 8.22. The van der Waals surface area contributed by atoms with Crippen molar-refractivity contribution in [3.63, 3.8) is 0 Å². The van der Waals surface area contributed by atoms with Crippen molar-refractivity contribution in [1.29, 1.82) is 0 Å². The normalized spacial score (nSPS) is 22.6. The average Bonchev–Trinajstić information content (AvgIpc) is 3.61. The van der Waals surface area contributed by atoms with E-state index in [1.165, 1.54) is 36.0 Å². The second kappa shape index (κ2) is 15.2. The van der Waals surface area contributed by atoms with Crippen LogP contribution in [0.3, 0.4) is 0 Å². The Bertz CT molecular complexity index is 1690. The molecule has 0 spiro atoms. The summed E-state index contributed by atoms with van der Waals surface area (Å²) in [5.41, 5.74) is 2.29. The van der Waals surface area contributed by atoms with E-state index in [9.17, 15) is 18.9 Å². The molecule has 3 heterocycles. The van der Waals surface area contributed by atoms with E-state index in [1.54, 1.807) is 65.8 Å². The molecule has 1 aromatic carbocycles. The highest BCUT2D eigenvalue weighted by molar-refractivity contribution is 7.52. The Hall–Kier alpha value is -4.11. The number of nitrogens with two attached hydrogens (primary N) is 1. The van der Waals surface area contributed by atoms with Crippen molar-refractivity contribution in [2.75, 3.05) is 25.6 Å². The van der Waals surface area contributed by atoms with Crippen molar-refractivity contribution in [3.8, 4) is 5.75 Å². The predicted octanol–water partition coefficient (Wildman–Crippen LogP) is 4.15. The van der Waals surface area contributed by atoms with Crippen LogP contribution in [0.4, 0.5) is 10.2 Å². The van der Waals surface area contributed by atoms with Gasteiger partial charge in [0.2, 0.25) is 5.60 Å². The second-order valence-electron chi connectivity index (χ2n) is 12.6. The minimum Gasteiger partial charge on any atom is -0.462 e. The molecule has 1 aliphatic heterocycles. The number of hydrogen-bond acceptors (Lipinski definition) is 13. The number of ether oxygens (including phenoxy) is 4. The molecule has 2 aromatic heterocycles. The van der Waals surface area contributed by atoms with Crippen molar-refractivity contribution in [2.24, 2.45) is 11.8 Å². The van der Waals surface area contributed by atoms with E-state index in [0.29, 0.717) is 5.52 Å². The number of rotatable bonds is 15. The highest BCUT2D eigenvalue weighted by Gasteiger charge is 2.66. The molecule has 17 heteroatoms. The number of fused-ring (bicyclic) bond motifs is 1. The number of halogens is 1. The smallest absolute Gasteiger partial charge is 0.459 e. The van der Waals surface area contributed by atoms with Crippen LogP contribution in [0.25, 0.3) is 5.52 Å². The Labute approximate surface area is 283 Å². The van der Waals surface area contributed by atoms with Crippen molar-refractivity contribution in [3.05, 3.63) is 54.5 Å². The summed E-state index contributed by atoms with van der Waals surface area (Å²) in [5.74, 6) is -3.43. The molecule has 49 heavy (non-hydrogen) atoms. The SMILES string of the molecule is CC(C)OC(=O)[C@H](C)N[P@](=O)(OC[C@@]1(CF)OC[C@@](OC(=O)C(C)C)(c2ccc3c(N)ncnn23)[C@@H]1OC(=O)C(C)C)Oc1ccccc1. The second-order valence-corrected chi connectivity index (χ2v) is 14.3. The zero-order chi connectivity index (χ0) is 36.1. The van der Waals surface area contributed by atoms with E-state index in [-0.39, 0.29) is 17.3 Å². The summed E-state index contributed by atoms with van der Waals surface area (Å²) in [7, 11) is -4.56. The summed E-state index contributed by atoms with van der Waals surface area (Å²) in [6, 6.07) is 9.82. The lowest BCUT2D eigenvalue weighted by molar-refractivity contribution is -0.195. The van der Waals surface area contributed by atoms with Crippen molar-refractivity contribution in [2.45, 2.75) is 77.9 Å². The lowest BCUT2D eigenvalue weighted by Crippen LogP contribution is -2.57. The van der Waals surface area contributed by atoms with E-state index < -0.39 is 86.8 Å². The van der Waals surface area contributed by atoms with E-state index in [0.717, 1.165) is 0 Å². The van der Waals surface area contributed by atoms with Gasteiger partial charge in [-0.05, 0) is 45.0 Å². The maximum atomic E-state index is 15.6. The predicted molar refractivity (Wildman–Crippen MR) is 174 cm³/mol. The molecule has 15 nitrogen and oxygen atoms in total. The first-order chi connectivity index (χ1) is 23.1. The highest BCUT2D eigenvalue weighted by Crippen LogP contribution is 2.51. The molecule has 268 valence electrons. The first kappa shape index (κ1) is 37.7. The Balaban J connectivity index is 1.82. The standard InChI is InChI=1S/C32H43FN5O10P/c1-19(2)27(39)46-30-31(15-33,16-44-49(42,48-23-11-9-8-10-12-23)37-22(7)29(41)45-21(5)6)43-17-32(30,47-28(40)20(3)4)25-14-13-24-26(34)35-18-36-38(24)25/h8-14,18-22,30H,15-17H2,1-7H3,(H,37,42)(H2,34,35,36)/t22-,30+,31+,32+,49-/m0/s1. The van der Waals surface area contributed by atoms with Gasteiger partial charge in [-0.1, -0.05) is 45.9 Å². The van der Waals surface area contributed by atoms with Gasteiger partial charge in [0.25, 0.3) is 0 Å². The largest absolute Gasteiger partial charge is 0.462 e. The summed E-state index contributed by atoms with van der Waals surface area (Å²) >= 11 is 0. The van der Waals surface area contributed by atoms with Crippen LogP contribution in [0.5, 0.6) is 5.75 Å². The summed E-state index contributed by atoms with van der Waals surface area (Å²) in [5, 5.41) is 6.81. The molecule has 1 fully saturated rings. The van der Waals surface area contributed by atoms with E-state index in [1.807, 2.05) is 0 Å². The number of para-hydroxylation sites is 1. The molecule has 0 saturated carbocycles. The summed E-state index contributed by atoms with van der Waals surface area (Å²) in [4.78, 5) is 43.3. The van der Waals surface area contributed by atoms with Crippen LogP contribution in [0.2, 0.25) is 0 Å². The van der Waals surface area contributed by atoms with Crippen LogP contribution in [-0.2, 0) is 48.0 Å². The van der Waals surface area contributed by atoms with E-state index >= 15 is 4.39 Å². The van der Waals surface area contributed by atoms with Gasteiger partial charge in [0, 0.05) is 0 Å². The number of nitrogens with zero attached hydrogens (tertiary/aromatic N) is 3. The van der Waals surface area contributed by atoms with Gasteiger partial charge < -0.3 is 29.2 Å². The lowest BCUT2D eigenvalue weighted by Gasteiger charge is -2.39. The van der Waals surface area contributed by atoms with Gasteiger partial charge in [-0.3, -0.25) is 18.9 Å². The number of nitrogens with one attached hydrogen (secondary N) is 1. The Morgan fingerprint density at radius 2 is 1.71 bits per heavy atom. The number of benzene rings is 1. The number of aromatic nitrogens is 3. The molecule has 1 saturated heterocycles. The van der Waals surface area contributed by atoms with Crippen LogP contribution < -0.4 is 15.3 Å². The molecule has 3 aromatic rings. The highest BCUT2D eigenvalue weighted by atomic mass is 31.2. The number of nitrogen functional groups attached to an aromatic ring is 1. The van der Waals surface area contributed by atoms with Gasteiger partial charge in [0.1, 0.15) is 30.3 Å². The van der Waals surface area contributed by atoms with Crippen LogP contribution in [0.1, 0.15) is 54.2 Å². The van der Waals surface area contributed by atoms with Crippen molar-refractivity contribution < 1.29 is 51.3 Å². The zero-order valence-electron chi connectivity index (χ0n) is 28.5. The quantitative estimate of drug-likeness (QED) is 0.130. The number of alkyl halides is 1. The first-order valence-electron chi connectivity index (χ1n) is 15.8. The molecule has 0 amide bonds. The number of esters is 3. The van der Waals surface area contributed by atoms with Crippen LogP contribution in [0, 0.1) is 11.8 Å². The Morgan fingerprint density at radius 3 is 2.33 bits per heavy atom. The minimum atomic E-state index is -4.56. The molecule has 0 radical (unpaired) electrons. The maximum Gasteiger partial charge on any atom is 0.459 e. The van der Waals surface area contributed by atoms with Crippen molar-refractivity contribution in [1.82, 2.24) is 19.7 Å². The fourth-order valence-corrected chi connectivity index (χ4v) is 6.54. The fraction of sp³-hybridized carbons (Fsp3) is 0.531. The monoisotopic (exact) mass is 707 g/mol. The third kappa shape index (κ3) is 8.20. The van der Waals surface area contributed by atoms with Crippen LogP contribution in [0.15, 0.2) is 48.8 Å². The van der Waals surface area contributed by atoms with E-state index in [4.69, 9.17) is 33.7 Å². The van der Waals surface area contributed by atoms with Gasteiger partial charge in [-0.2, -0.15) is 10.2 Å². The lowest BCUT2D eigenvalue weighted by atomic mass is 9.85. The molecular weight excluding hydrogens is 664 g/mol. The summed E-state index contributed by atoms with van der Waals surface area (Å²) in [6.07, 6.45) is -1.03. The van der Waals surface area contributed by atoms with Gasteiger partial charge in [0.05, 0.1) is 36.8 Å². The number of carbonyl (C=O) groups excluding carboxylic acids is 3. The maximum absolute atomic E-state index is 15.6. The number of anilines is 1. The van der Waals surface area contributed by atoms with E-state index in [2.05, 4.69) is 15.2 Å². The topological polar surface area (TPSA) is 192 Å². The third-order valence-electron chi connectivity index (χ3n) is 7.58. The average molecular weight is 708 g/mol. The Morgan fingerprint density at radius 1 is 1.04 bits per heavy atom. The fourth-order valence-electron chi connectivity index (χ4n) is 4.99. The number of carbonyl (C=O) groups is 3. The van der Waals surface area contributed by atoms with Crippen molar-refractivity contribution >= 4 is 37.0 Å². The molecule has 0 unspecified atom stereocenters. The summed E-state index contributed by atoms with van der Waals surface area (Å²) < 4.78 is 66.3. The van der Waals surface area contributed by atoms with Gasteiger partial charge >= 0.3 is 25.7 Å². The molecule has 5 atom stereocenters. The Kier molecular flexibility index (Phi) is 11.7. The molecule has 1 aliphatic rings. The first-order valence-corrected chi connectivity index (χ1v) is 17.3. The van der Waals surface area contributed by atoms with Crippen LogP contribution in [-0.4, -0.2) is 76.2 Å². The molecule has 0 bridgehead atoms. The molecule has 0 aliphatic carbocycles. The minimum absolute atomic E-state index is 0.0940. The zero-order valence-corrected chi connectivity index (χ0v) is 29.3. The van der Waals surface area contributed by atoms with Gasteiger partial charge in [-0.25, -0.2) is 18.5 Å². The molecular formula is C32H43FN5O10P. The third-order valence-corrected chi connectivity index (χ3v) is 9.21. The molecule has 4 rings (SSSR count). The number of hydrogen-bond donors (Lipinski definition) is 2.